The third-order valence-corrected chi connectivity index (χ3v) is 2.04. The van der Waals surface area contributed by atoms with Gasteiger partial charge in [0.25, 0.3) is 0 Å². The fraction of sp³-hybridized carbons (Fsp3) is 0. The number of carbonyl (C=O) groups excluding carboxylic acids is 1. The summed E-state index contributed by atoms with van der Waals surface area (Å²) in [6.45, 7) is 7.25. The molecule has 0 saturated carbocycles. The van der Waals surface area contributed by atoms with Crippen molar-refractivity contribution in [2.24, 2.45) is 5.73 Å². The molecule has 0 saturated heterocycles. The predicted molar refractivity (Wildman–Crippen MR) is 63.0 cm³/mol. The zero-order chi connectivity index (χ0) is 11.3. The smallest absolute Gasteiger partial charge is 0.249 e. The van der Waals surface area contributed by atoms with Crippen LogP contribution in [0.4, 0.5) is 0 Å². The van der Waals surface area contributed by atoms with Gasteiger partial charge in [0.05, 0.1) is 5.57 Å². The van der Waals surface area contributed by atoms with Crippen molar-refractivity contribution in [3.8, 4) is 0 Å². The normalized spacial score (nSPS) is 9.07. The number of primary amides is 1. The molecule has 1 amide bonds. The molecule has 0 atom stereocenters. The van der Waals surface area contributed by atoms with E-state index in [4.69, 9.17) is 5.73 Å². The number of hydrogen-bond donors (Lipinski definition) is 1. The van der Waals surface area contributed by atoms with Gasteiger partial charge in [-0.15, -0.1) is 0 Å². The average molecular weight is 199 g/mol. The molecule has 2 N–H and O–H groups in total. The van der Waals surface area contributed by atoms with Gasteiger partial charge in [-0.25, -0.2) is 0 Å². The minimum absolute atomic E-state index is 0.445. The first-order chi connectivity index (χ1) is 7.20. The minimum Gasteiger partial charge on any atom is -0.366 e. The molecular weight excluding hydrogens is 186 g/mol. The first-order valence-electron chi connectivity index (χ1n) is 4.55. The van der Waals surface area contributed by atoms with Crippen LogP contribution in [0.3, 0.4) is 0 Å². The number of amides is 1. The molecule has 0 aromatic heterocycles. The highest BCUT2D eigenvalue weighted by atomic mass is 16.1. The summed E-state index contributed by atoms with van der Waals surface area (Å²) in [6, 6.07) is 9.23. The van der Waals surface area contributed by atoms with Crippen molar-refractivity contribution in [1.29, 1.82) is 0 Å². The summed E-state index contributed by atoms with van der Waals surface area (Å²) < 4.78 is 0. The van der Waals surface area contributed by atoms with Crippen molar-refractivity contribution in [2.75, 3.05) is 0 Å². The van der Waals surface area contributed by atoms with Crippen molar-refractivity contribution >= 4 is 11.5 Å². The molecule has 2 nitrogen and oxygen atoms in total. The number of hydrogen-bond acceptors (Lipinski definition) is 1. The monoisotopic (exact) mass is 199 g/mol. The van der Waals surface area contributed by atoms with Gasteiger partial charge in [-0.1, -0.05) is 55.6 Å². The van der Waals surface area contributed by atoms with E-state index in [2.05, 4.69) is 13.2 Å². The maximum Gasteiger partial charge on any atom is 0.249 e. The van der Waals surface area contributed by atoms with Crippen LogP contribution in [0, 0.1) is 0 Å². The van der Waals surface area contributed by atoms with Crippen molar-refractivity contribution in [3.05, 3.63) is 66.8 Å². The third-order valence-electron chi connectivity index (χ3n) is 2.04. The molecular formula is C13H13NO. The van der Waals surface area contributed by atoms with Gasteiger partial charge in [-0.2, -0.15) is 0 Å². The first-order valence-corrected chi connectivity index (χ1v) is 4.55. The van der Waals surface area contributed by atoms with Crippen LogP contribution in [0.25, 0.3) is 5.57 Å². The lowest BCUT2D eigenvalue weighted by Crippen LogP contribution is -2.14. The van der Waals surface area contributed by atoms with E-state index in [0.29, 0.717) is 11.1 Å². The van der Waals surface area contributed by atoms with E-state index in [-0.39, 0.29) is 0 Å². The molecule has 0 heterocycles. The van der Waals surface area contributed by atoms with E-state index in [9.17, 15) is 4.79 Å². The summed E-state index contributed by atoms with van der Waals surface area (Å²) >= 11 is 0. The second-order valence-electron chi connectivity index (χ2n) is 2.97. The molecule has 0 radical (unpaired) electrons. The summed E-state index contributed by atoms with van der Waals surface area (Å²) in [5, 5.41) is 0. The summed E-state index contributed by atoms with van der Waals surface area (Å²) in [5.74, 6) is -0.476. The molecule has 2 heteroatoms. The van der Waals surface area contributed by atoms with E-state index in [1.807, 2.05) is 30.3 Å². The van der Waals surface area contributed by atoms with Crippen molar-refractivity contribution in [2.45, 2.75) is 0 Å². The van der Waals surface area contributed by atoms with Crippen LogP contribution in [-0.2, 0) is 4.79 Å². The van der Waals surface area contributed by atoms with E-state index in [1.165, 1.54) is 0 Å². The molecule has 0 spiro atoms. The van der Waals surface area contributed by atoms with Crippen LogP contribution in [0.5, 0.6) is 0 Å². The Morgan fingerprint density at radius 3 is 2.07 bits per heavy atom. The summed E-state index contributed by atoms with van der Waals surface area (Å²) in [7, 11) is 0. The maximum absolute atomic E-state index is 11.3. The summed E-state index contributed by atoms with van der Waals surface area (Å²) in [4.78, 5) is 11.3. The van der Waals surface area contributed by atoms with Crippen LogP contribution >= 0.6 is 0 Å². The van der Waals surface area contributed by atoms with E-state index in [1.54, 1.807) is 12.2 Å². The number of allylic oxidation sites excluding steroid dienone is 3. The standard InChI is InChI=1S/C13H13NO/c1-3-10(4-2)12(13(14)15)11-8-6-5-7-9-11/h3-9H,1-2H2,(H2,14,15). The highest BCUT2D eigenvalue weighted by Crippen LogP contribution is 2.19. The van der Waals surface area contributed by atoms with E-state index in [0.717, 1.165) is 5.56 Å². The molecule has 76 valence electrons. The Kier molecular flexibility index (Phi) is 3.63. The lowest BCUT2D eigenvalue weighted by atomic mass is 9.99. The van der Waals surface area contributed by atoms with Crippen LogP contribution < -0.4 is 5.73 Å². The van der Waals surface area contributed by atoms with Gasteiger partial charge < -0.3 is 5.73 Å². The zero-order valence-corrected chi connectivity index (χ0v) is 8.44. The second kappa shape index (κ2) is 4.96. The van der Waals surface area contributed by atoms with Crippen LogP contribution in [0.15, 0.2) is 61.2 Å². The number of nitrogens with two attached hydrogens (primary N) is 1. The lowest BCUT2D eigenvalue weighted by molar-refractivity contribution is -0.112. The Morgan fingerprint density at radius 2 is 1.67 bits per heavy atom. The Labute approximate surface area is 89.4 Å². The molecule has 1 aromatic carbocycles. The predicted octanol–water partition coefficient (Wildman–Crippen LogP) is 2.30. The maximum atomic E-state index is 11.3. The van der Waals surface area contributed by atoms with Crippen LogP contribution in [0.1, 0.15) is 5.56 Å². The zero-order valence-electron chi connectivity index (χ0n) is 8.44. The Morgan fingerprint density at radius 1 is 1.13 bits per heavy atom. The highest BCUT2D eigenvalue weighted by Gasteiger charge is 2.10. The van der Waals surface area contributed by atoms with Gasteiger partial charge in [-0.3, -0.25) is 4.79 Å². The van der Waals surface area contributed by atoms with Gasteiger partial charge in [0.2, 0.25) is 5.91 Å². The highest BCUT2D eigenvalue weighted by molar-refractivity contribution is 6.20. The van der Waals surface area contributed by atoms with E-state index < -0.39 is 5.91 Å². The van der Waals surface area contributed by atoms with Crippen molar-refractivity contribution < 1.29 is 4.79 Å². The number of carbonyl (C=O) groups is 1. The minimum atomic E-state index is -0.476. The van der Waals surface area contributed by atoms with Crippen LogP contribution in [0.2, 0.25) is 0 Å². The third kappa shape index (κ3) is 2.44. The Balaban J connectivity index is 3.38. The molecule has 0 aliphatic rings. The SMILES string of the molecule is C=CC(C=C)=C(C(N)=O)c1ccccc1. The molecule has 15 heavy (non-hydrogen) atoms. The van der Waals surface area contributed by atoms with Gasteiger partial charge in [-0.05, 0) is 11.1 Å². The quantitative estimate of drug-likeness (QED) is 0.586. The second-order valence-corrected chi connectivity index (χ2v) is 2.97. The largest absolute Gasteiger partial charge is 0.366 e. The Bertz CT molecular complexity index is 405. The molecule has 1 rings (SSSR count). The molecule has 1 aromatic rings. The van der Waals surface area contributed by atoms with Gasteiger partial charge in [0, 0.05) is 0 Å². The molecule has 0 bridgehead atoms. The topological polar surface area (TPSA) is 43.1 Å². The van der Waals surface area contributed by atoms with Crippen molar-refractivity contribution in [3.63, 3.8) is 0 Å². The van der Waals surface area contributed by atoms with Crippen LogP contribution in [-0.4, -0.2) is 5.91 Å². The van der Waals surface area contributed by atoms with E-state index >= 15 is 0 Å². The molecule has 0 aliphatic carbocycles. The molecule has 0 unspecified atom stereocenters. The fourth-order valence-corrected chi connectivity index (χ4v) is 1.34. The summed E-state index contributed by atoms with van der Waals surface area (Å²) in [5.41, 5.74) is 7.20. The summed E-state index contributed by atoms with van der Waals surface area (Å²) in [6.07, 6.45) is 3.14. The number of rotatable bonds is 4. The molecule has 0 aliphatic heterocycles. The van der Waals surface area contributed by atoms with Gasteiger partial charge >= 0.3 is 0 Å². The van der Waals surface area contributed by atoms with Gasteiger partial charge in [0.15, 0.2) is 0 Å². The van der Waals surface area contributed by atoms with Gasteiger partial charge in [0.1, 0.15) is 0 Å². The average Bonchev–Trinajstić information content (AvgIpc) is 2.26. The number of benzene rings is 1. The van der Waals surface area contributed by atoms with Crippen molar-refractivity contribution in [1.82, 2.24) is 0 Å². The lowest BCUT2D eigenvalue weighted by Gasteiger charge is -2.06. The molecule has 0 fully saturated rings. The first kappa shape index (κ1) is 11.0. The Hall–Kier alpha value is -2.09. The fourth-order valence-electron chi connectivity index (χ4n) is 1.34.